The van der Waals surface area contributed by atoms with Crippen LogP contribution in [0.15, 0.2) is 0 Å². The summed E-state index contributed by atoms with van der Waals surface area (Å²) in [6.45, 7) is -1.33. The third kappa shape index (κ3) is 11.2. The number of hydrogen-bond donors (Lipinski definition) is 6. The Morgan fingerprint density at radius 1 is 0.800 bits per heavy atom. The fourth-order valence-electron chi connectivity index (χ4n) is 0.875. The van der Waals surface area contributed by atoms with Crippen LogP contribution < -0.4 is 21.3 Å². The second-order valence-electron chi connectivity index (χ2n) is 3.38. The van der Waals surface area contributed by atoms with Crippen LogP contribution in [0.3, 0.4) is 0 Å². The lowest BCUT2D eigenvalue weighted by atomic mass is 10.5. The van der Waals surface area contributed by atoms with E-state index in [0.29, 0.717) is 0 Å². The van der Waals surface area contributed by atoms with E-state index in [1.54, 1.807) is 0 Å². The molecule has 0 heterocycles. The van der Waals surface area contributed by atoms with Gasteiger partial charge in [-0.2, -0.15) is 0 Å². The fourth-order valence-corrected chi connectivity index (χ4v) is 1.03. The Morgan fingerprint density at radius 2 is 1.15 bits per heavy atom. The molecule has 0 saturated heterocycles. The van der Waals surface area contributed by atoms with Crippen LogP contribution in [-0.2, 0) is 19.2 Å². The van der Waals surface area contributed by atoms with Gasteiger partial charge in [0.15, 0.2) is 0 Å². The quantitative estimate of drug-likeness (QED) is 0.210. The molecule has 9 nitrogen and oxygen atoms in total. The van der Waals surface area contributed by atoms with Crippen LogP contribution in [0.1, 0.15) is 0 Å². The van der Waals surface area contributed by atoms with Gasteiger partial charge in [-0.1, -0.05) is 12.2 Å². The number of rotatable bonds is 8. The summed E-state index contributed by atoms with van der Waals surface area (Å²) in [5, 5.41) is 17.3. The summed E-state index contributed by atoms with van der Waals surface area (Å²) in [4.78, 5) is 43.6. The lowest BCUT2D eigenvalue weighted by Gasteiger charge is -2.07. The molecule has 0 aliphatic heterocycles. The van der Waals surface area contributed by atoms with Gasteiger partial charge in [-0.05, 0) is 0 Å². The van der Waals surface area contributed by atoms with Crippen LogP contribution in [0.2, 0.25) is 0 Å². The normalized spacial score (nSPS) is 9.25. The van der Waals surface area contributed by atoms with Gasteiger partial charge in [0, 0.05) is 0 Å². The molecule has 0 aliphatic rings. The predicted octanol–water partition coefficient (Wildman–Crippen LogP) is -2.78. The van der Waals surface area contributed by atoms with Crippen molar-refractivity contribution in [1.82, 2.24) is 21.3 Å². The van der Waals surface area contributed by atoms with Gasteiger partial charge in [0.2, 0.25) is 17.7 Å². The van der Waals surface area contributed by atoms with Gasteiger partial charge < -0.3 is 26.4 Å². The molecule has 0 unspecified atom stereocenters. The zero-order valence-corrected chi connectivity index (χ0v) is 12.0. The lowest BCUT2D eigenvalue weighted by molar-refractivity contribution is -0.137. The minimum Gasteiger partial charge on any atom is -0.480 e. The first-order valence-corrected chi connectivity index (χ1v) is 6.15. The van der Waals surface area contributed by atoms with E-state index in [9.17, 15) is 19.2 Å². The van der Waals surface area contributed by atoms with Crippen molar-refractivity contribution < 1.29 is 24.3 Å². The zero-order valence-electron chi connectivity index (χ0n) is 10.3. The number of thiocarbonyl (C=S) groups is 1. The van der Waals surface area contributed by atoms with Gasteiger partial charge >= 0.3 is 5.97 Å². The van der Waals surface area contributed by atoms with E-state index in [1.807, 2.05) is 0 Å². The molecule has 0 rings (SSSR count). The SMILES string of the molecule is O=C(O)CNC(=O)CNC(=O)CNC(=O)CNC(=S)S. The van der Waals surface area contributed by atoms with E-state index in [1.165, 1.54) is 0 Å². The van der Waals surface area contributed by atoms with Crippen LogP contribution in [-0.4, -0.2) is 59.3 Å². The van der Waals surface area contributed by atoms with E-state index in [-0.39, 0.29) is 24.0 Å². The summed E-state index contributed by atoms with van der Waals surface area (Å²) < 4.78 is 0.153. The molecule has 20 heavy (non-hydrogen) atoms. The topological polar surface area (TPSA) is 137 Å². The Kier molecular flexibility index (Phi) is 9.04. The maximum absolute atomic E-state index is 11.2. The minimum atomic E-state index is -1.19. The van der Waals surface area contributed by atoms with Gasteiger partial charge in [-0.25, -0.2) is 0 Å². The molecule has 5 N–H and O–H groups in total. The summed E-state index contributed by atoms with van der Waals surface area (Å²) in [6.07, 6.45) is 0. The third-order valence-corrected chi connectivity index (χ3v) is 2.03. The number of amides is 3. The van der Waals surface area contributed by atoms with Crippen molar-refractivity contribution in [2.75, 3.05) is 26.2 Å². The summed E-state index contributed by atoms with van der Waals surface area (Å²) in [5.74, 6) is -2.88. The molecule has 0 saturated carbocycles. The first-order valence-electron chi connectivity index (χ1n) is 5.30. The second-order valence-corrected chi connectivity index (χ2v) is 4.54. The molecule has 0 bridgehead atoms. The number of aliphatic carboxylic acids is 1. The highest BCUT2D eigenvalue weighted by Crippen LogP contribution is 1.76. The Bertz CT molecular complexity index is 379. The molecular weight excluding hydrogens is 308 g/mol. The number of carboxylic acid groups (broad SMARTS) is 1. The Labute approximate surface area is 125 Å². The van der Waals surface area contributed by atoms with Crippen LogP contribution in [0.25, 0.3) is 0 Å². The molecule has 3 amide bonds. The average molecular weight is 322 g/mol. The Morgan fingerprint density at radius 3 is 1.50 bits per heavy atom. The van der Waals surface area contributed by atoms with Gasteiger partial charge in [-0.3, -0.25) is 19.2 Å². The van der Waals surface area contributed by atoms with Crippen molar-refractivity contribution in [2.24, 2.45) is 0 Å². The Hall–Kier alpha value is -1.88. The first kappa shape index (κ1) is 18.1. The average Bonchev–Trinajstić information content (AvgIpc) is 2.37. The molecule has 0 aromatic rings. The largest absolute Gasteiger partial charge is 0.480 e. The standard InChI is InChI=1S/C9H14N4O5S2/c14-5(1-11-7(16)3-13-9(19)20)10-2-6(15)12-4-8(17)18/h1-4H2,(H,10,14)(H,11,16)(H,12,15)(H,17,18)(H2,13,19,20). The number of carbonyl (C=O) groups is 4. The smallest absolute Gasteiger partial charge is 0.322 e. The number of nitrogens with one attached hydrogen (secondary N) is 4. The predicted molar refractivity (Wildman–Crippen MR) is 76.3 cm³/mol. The molecule has 0 atom stereocenters. The number of carboxylic acids is 1. The summed E-state index contributed by atoms with van der Waals surface area (Å²) in [7, 11) is 0. The molecule has 11 heteroatoms. The summed E-state index contributed by atoms with van der Waals surface area (Å²) >= 11 is 8.32. The number of carbonyl (C=O) groups excluding carboxylic acids is 3. The minimum absolute atomic E-state index is 0.116. The van der Waals surface area contributed by atoms with Crippen molar-refractivity contribution in [3.05, 3.63) is 0 Å². The van der Waals surface area contributed by atoms with Crippen molar-refractivity contribution in [1.29, 1.82) is 0 Å². The summed E-state index contributed by atoms with van der Waals surface area (Å²) in [5.41, 5.74) is 0. The van der Waals surface area contributed by atoms with Gasteiger partial charge in [-0.15, -0.1) is 12.6 Å². The number of hydrogen-bond acceptors (Lipinski definition) is 5. The zero-order chi connectivity index (χ0) is 15.5. The highest BCUT2D eigenvalue weighted by molar-refractivity contribution is 8.11. The number of thiol groups is 1. The second kappa shape index (κ2) is 9.97. The highest BCUT2D eigenvalue weighted by atomic mass is 32.1. The van der Waals surface area contributed by atoms with Crippen LogP contribution >= 0.6 is 24.8 Å². The molecule has 0 radical (unpaired) electrons. The third-order valence-electron chi connectivity index (χ3n) is 1.73. The molecule has 0 aromatic heterocycles. The van der Waals surface area contributed by atoms with Crippen molar-refractivity contribution in [3.63, 3.8) is 0 Å². The van der Waals surface area contributed by atoms with E-state index < -0.39 is 30.2 Å². The molecule has 0 aromatic carbocycles. The van der Waals surface area contributed by atoms with E-state index in [0.717, 1.165) is 0 Å². The lowest BCUT2D eigenvalue weighted by Crippen LogP contribution is -2.44. The molecule has 112 valence electrons. The van der Waals surface area contributed by atoms with E-state index in [4.69, 9.17) is 5.11 Å². The molecular formula is C9H14N4O5S2. The van der Waals surface area contributed by atoms with E-state index in [2.05, 4.69) is 46.1 Å². The van der Waals surface area contributed by atoms with Crippen LogP contribution in [0.5, 0.6) is 0 Å². The van der Waals surface area contributed by atoms with Gasteiger partial charge in [0.1, 0.15) is 10.9 Å². The monoisotopic (exact) mass is 322 g/mol. The Balaban J connectivity index is 3.73. The first-order chi connectivity index (χ1) is 9.31. The van der Waals surface area contributed by atoms with Crippen molar-refractivity contribution >= 4 is 52.9 Å². The maximum atomic E-state index is 11.2. The highest BCUT2D eigenvalue weighted by Gasteiger charge is 2.08. The van der Waals surface area contributed by atoms with E-state index >= 15 is 0 Å². The van der Waals surface area contributed by atoms with Crippen molar-refractivity contribution in [3.8, 4) is 0 Å². The van der Waals surface area contributed by atoms with Gasteiger partial charge in [0.25, 0.3) is 0 Å². The molecule has 0 aliphatic carbocycles. The molecule has 0 spiro atoms. The fraction of sp³-hybridized carbons (Fsp3) is 0.444. The van der Waals surface area contributed by atoms with Crippen LogP contribution in [0.4, 0.5) is 0 Å². The van der Waals surface area contributed by atoms with Gasteiger partial charge in [0.05, 0.1) is 19.6 Å². The maximum Gasteiger partial charge on any atom is 0.322 e. The van der Waals surface area contributed by atoms with Crippen LogP contribution in [0, 0.1) is 0 Å². The molecule has 0 fully saturated rings. The summed E-state index contributed by atoms with van der Waals surface area (Å²) in [6, 6.07) is 0. The van der Waals surface area contributed by atoms with Crippen molar-refractivity contribution in [2.45, 2.75) is 0 Å².